The first-order valence-corrected chi connectivity index (χ1v) is 5.50. The van der Waals surface area contributed by atoms with Gasteiger partial charge in [0, 0.05) is 11.4 Å². The summed E-state index contributed by atoms with van der Waals surface area (Å²) >= 11 is 0. The number of anilines is 1. The van der Waals surface area contributed by atoms with Crippen LogP contribution >= 0.6 is 0 Å². The molecule has 1 aromatic rings. The summed E-state index contributed by atoms with van der Waals surface area (Å²) in [5, 5.41) is 0. The molecule has 4 N–H and O–H groups in total. The summed E-state index contributed by atoms with van der Waals surface area (Å²) in [6.07, 6.45) is 3.29. The van der Waals surface area contributed by atoms with Crippen molar-refractivity contribution in [1.29, 1.82) is 0 Å². The molecule has 0 aliphatic carbocycles. The molecule has 0 unspecified atom stereocenters. The van der Waals surface area contributed by atoms with Crippen LogP contribution < -0.4 is 16.2 Å². The van der Waals surface area contributed by atoms with Gasteiger partial charge in [0.1, 0.15) is 24.7 Å². The largest absolute Gasteiger partial charge is 0.491 e. The molecule has 1 aromatic carbocycles. The van der Waals surface area contributed by atoms with Gasteiger partial charge in [-0.15, -0.1) is 0 Å². The van der Waals surface area contributed by atoms with Crippen LogP contribution in [0.2, 0.25) is 0 Å². The third kappa shape index (κ3) is 5.65. The maximum absolute atomic E-state index is 5.56. The van der Waals surface area contributed by atoms with Crippen LogP contribution in [0.3, 0.4) is 0 Å². The van der Waals surface area contributed by atoms with Gasteiger partial charge in [-0.05, 0) is 36.4 Å². The fraction of sp³-hybridized carbons (Fsp3) is 0.143. The lowest BCUT2D eigenvalue weighted by atomic mass is 10.3. The molecule has 0 aliphatic heterocycles. The van der Waals surface area contributed by atoms with E-state index in [0.29, 0.717) is 30.4 Å². The van der Waals surface area contributed by atoms with E-state index in [-0.39, 0.29) is 0 Å². The number of nitrogen functional groups attached to an aromatic ring is 1. The molecule has 18 heavy (non-hydrogen) atoms. The van der Waals surface area contributed by atoms with E-state index in [4.69, 9.17) is 20.9 Å². The van der Waals surface area contributed by atoms with Crippen molar-refractivity contribution in [2.45, 2.75) is 0 Å². The van der Waals surface area contributed by atoms with Crippen molar-refractivity contribution >= 4 is 5.69 Å². The van der Waals surface area contributed by atoms with Crippen LogP contribution in [0.15, 0.2) is 61.0 Å². The zero-order valence-corrected chi connectivity index (χ0v) is 10.3. The number of ether oxygens (including phenoxy) is 2. The van der Waals surface area contributed by atoms with Crippen LogP contribution in [0.25, 0.3) is 0 Å². The summed E-state index contributed by atoms with van der Waals surface area (Å²) in [4.78, 5) is 0. The highest BCUT2D eigenvalue weighted by Crippen LogP contribution is 2.12. The molecule has 4 heteroatoms. The van der Waals surface area contributed by atoms with Crippen LogP contribution in [0.4, 0.5) is 5.69 Å². The second-order valence-electron chi connectivity index (χ2n) is 3.64. The molecule has 4 nitrogen and oxygen atoms in total. The smallest absolute Gasteiger partial charge is 0.122 e. The third-order valence-electron chi connectivity index (χ3n) is 2.00. The average molecular weight is 246 g/mol. The quantitative estimate of drug-likeness (QED) is 0.335. The van der Waals surface area contributed by atoms with Crippen molar-refractivity contribution in [3.8, 4) is 5.75 Å². The molecular weight excluding hydrogens is 228 g/mol. The molecule has 96 valence electrons. The van der Waals surface area contributed by atoms with Crippen molar-refractivity contribution in [2.75, 3.05) is 18.9 Å². The molecule has 1 rings (SSSR count). The minimum absolute atomic E-state index is 0.407. The first-order valence-electron chi connectivity index (χ1n) is 5.50. The van der Waals surface area contributed by atoms with E-state index >= 15 is 0 Å². The lowest BCUT2D eigenvalue weighted by Gasteiger charge is -2.08. The summed E-state index contributed by atoms with van der Waals surface area (Å²) in [5.74, 6) is 1.27. The Labute approximate surface area is 107 Å². The number of hydrogen-bond acceptors (Lipinski definition) is 4. The first kappa shape index (κ1) is 13.7. The molecule has 0 spiro atoms. The predicted octanol–water partition coefficient (Wildman–Crippen LogP) is 2.21. The number of hydrogen-bond donors (Lipinski definition) is 2. The van der Waals surface area contributed by atoms with Crippen LogP contribution in [-0.2, 0) is 4.74 Å². The van der Waals surface area contributed by atoms with E-state index in [9.17, 15) is 0 Å². The highest BCUT2D eigenvalue weighted by atomic mass is 16.5. The second kappa shape index (κ2) is 7.06. The number of nitrogens with two attached hydrogens (primary N) is 2. The minimum Gasteiger partial charge on any atom is -0.491 e. The van der Waals surface area contributed by atoms with Crippen molar-refractivity contribution in [1.82, 2.24) is 0 Å². The van der Waals surface area contributed by atoms with Crippen molar-refractivity contribution < 1.29 is 9.47 Å². The van der Waals surface area contributed by atoms with E-state index in [2.05, 4.69) is 13.2 Å². The summed E-state index contributed by atoms with van der Waals surface area (Å²) < 4.78 is 10.8. The summed E-state index contributed by atoms with van der Waals surface area (Å²) in [5.41, 5.74) is 12.1. The van der Waals surface area contributed by atoms with Gasteiger partial charge in [0.2, 0.25) is 0 Å². The lowest BCUT2D eigenvalue weighted by Crippen LogP contribution is -2.05. The van der Waals surface area contributed by atoms with Gasteiger partial charge in [-0.1, -0.05) is 13.2 Å². The van der Waals surface area contributed by atoms with Crippen molar-refractivity contribution in [3.63, 3.8) is 0 Å². The van der Waals surface area contributed by atoms with E-state index < -0.39 is 0 Å². The Balaban J connectivity index is 2.20. The first-order chi connectivity index (χ1) is 8.58. The summed E-state index contributed by atoms with van der Waals surface area (Å²) in [6.45, 7) is 8.07. The molecule has 0 aliphatic rings. The Morgan fingerprint density at radius 1 is 1.11 bits per heavy atom. The molecule has 0 heterocycles. The van der Waals surface area contributed by atoms with E-state index in [1.165, 1.54) is 0 Å². The molecule has 0 radical (unpaired) electrons. The van der Waals surface area contributed by atoms with Crippen molar-refractivity contribution in [2.24, 2.45) is 5.73 Å². The number of rotatable bonds is 7. The molecule has 0 bridgehead atoms. The van der Waals surface area contributed by atoms with Gasteiger partial charge in [-0.2, -0.15) is 0 Å². The number of benzene rings is 1. The van der Waals surface area contributed by atoms with E-state index in [1.54, 1.807) is 24.3 Å². The molecule has 0 amide bonds. The highest BCUT2D eigenvalue weighted by molar-refractivity contribution is 5.41. The molecule has 0 saturated carbocycles. The van der Waals surface area contributed by atoms with Gasteiger partial charge in [-0.25, -0.2) is 0 Å². The maximum Gasteiger partial charge on any atom is 0.122 e. The molecular formula is C14H18N2O2. The Kier molecular flexibility index (Phi) is 5.38. The lowest BCUT2D eigenvalue weighted by molar-refractivity contribution is 0.165. The Morgan fingerprint density at radius 2 is 1.78 bits per heavy atom. The average Bonchev–Trinajstić information content (AvgIpc) is 2.34. The maximum atomic E-state index is 5.56. The summed E-state index contributed by atoms with van der Waals surface area (Å²) in [7, 11) is 0. The molecule has 0 saturated heterocycles. The number of allylic oxidation sites excluding steroid dienone is 2. The standard InChI is InChI=1S/C14H18N2O2/c1-11(15)3-4-12(2)17-9-10-18-14-7-5-13(16)6-8-14/h3-8H,1-2,9-10,15-16H2/b4-3-. The normalized spacial score (nSPS) is 10.2. The molecule has 0 atom stereocenters. The Hall–Kier alpha value is -2.36. The molecule has 0 fully saturated rings. The zero-order chi connectivity index (χ0) is 13.4. The second-order valence-corrected chi connectivity index (χ2v) is 3.64. The van der Waals surface area contributed by atoms with Gasteiger partial charge in [0.05, 0.1) is 0 Å². The van der Waals surface area contributed by atoms with Gasteiger partial charge in [0.25, 0.3) is 0 Å². The van der Waals surface area contributed by atoms with Gasteiger partial charge < -0.3 is 20.9 Å². The SMILES string of the molecule is C=C(N)/C=C\C(=C)OCCOc1ccc(N)cc1. The Bertz CT molecular complexity index is 436. The Morgan fingerprint density at radius 3 is 2.39 bits per heavy atom. The van der Waals surface area contributed by atoms with Gasteiger partial charge in [0.15, 0.2) is 0 Å². The van der Waals surface area contributed by atoms with E-state index in [1.807, 2.05) is 12.1 Å². The predicted molar refractivity (Wildman–Crippen MR) is 73.9 cm³/mol. The third-order valence-corrected chi connectivity index (χ3v) is 2.00. The fourth-order valence-electron chi connectivity index (χ4n) is 1.14. The highest BCUT2D eigenvalue weighted by Gasteiger charge is 1.94. The van der Waals surface area contributed by atoms with Gasteiger partial charge >= 0.3 is 0 Å². The van der Waals surface area contributed by atoms with E-state index in [0.717, 1.165) is 5.75 Å². The monoisotopic (exact) mass is 246 g/mol. The fourth-order valence-corrected chi connectivity index (χ4v) is 1.14. The minimum atomic E-state index is 0.407. The van der Waals surface area contributed by atoms with Crippen LogP contribution in [0, 0.1) is 0 Å². The zero-order valence-electron chi connectivity index (χ0n) is 10.3. The molecule has 0 aromatic heterocycles. The summed E-state index contributed by atoms with van der Waals surface area (Å²) in [6, 6.07) is 7.18. The van der Waals surface area contributed by atoms with Gasteiger partial charge in [-0.3, -0.25) is 0 Å². The van der Waals surface area contributed by atoms with Crippen molar-refractivity contribution in [3.05, 3.63) is 61.0 Å². The van der Waals surface area contributed by atoms with Crippen LogP contribution in [0.1, 0.15) is 0 Å². The van der Waals surface area contributed by atoms with Crippen LogP contribution in [0.5, 0.6) is 5.75 Å². The van der Waals surface area contributed by atoms with Crippen LogP contribution in [-0.4, -0.2) is 13.2 Å². The topological polar surface area (TPSA) is 70.5 Å².